The minimum atomic E-state index is 0.0864. The van der Waals surface area contributed by atoms with E-state index in [2.05, 4.69) is 20.5 Å². The van der Waals surface area contributed by atoms with Crippen LogP contribution in [0.4, 0.5) is 0 Å². The van der Waals surface area contributed by atoms with Gasteiger partial charge in [-0.05, 0) is 49.7 Å². The summed E-state index contributed by atoms with van der Waals surface area (Å²) in [6, 6.07) is 3.59. The summed E-state index contributed by atoms with van der Waals surface area (Å²) in [7, 11) is 0. The third-order valence-electron chi connectivity index (χ3n) is 5.17. The molecule has 1 saturated heterocycles. The van der Waals surface area contributed by atoms with Gasteiger partial charge >= 0.3 is 0 Å². The number of H-pyrrole nitrogens is 1. The maximum Gasteiger partial charge on any atom is 0.233 e. The largest absolute Gasteiger partial charge is 0.461 e. The van der Waals surface area contributed by atoms with Crippen LogP contribution in [0.3, 0.4) is 0 Å². The monoisotopic (exact) mass is 403 g/mol. The molecule has 0 spiro atoms. The second-order valence-corrected chi connectivity index (χ2v) is 8.47. The van der Waals surface area contributed by atoms with Gasteiger partial charge in [0, 0.05) is 26.1 Å². The molecule has 2 aromatic rings. The first-order valence-electron chi connectivity index (χ1n) is 9.81. The molecular weight excluding hydrogens is 378 g/mol. The summed E-state index contributed by atoms with van der Waals surface area (Å²) < 4.78 is 5.28. The maximum atomic E-state index is 12.6. The zero-order valence-corrected chi connectivity index (χ0v) is 16.5. The third-order valence-corrected chi connectivity index (χ3v) is 6.01. The molecule has 150 valence electrons. The average Bonchev–Trinajstić information content (AvgIpc) is 3.17. The van der Waals surface area contributed by atoms with E-state index in [-0.39, 0.29) is 11.8 Å². The number of rotatable bonds is 8. The lowest BCUT2D eigenvalue weighted by atomic mass is 9.98. The van der Waals surface area contributed by atoms with Gasteiger partial charge in [-0.3, -0.25) is 14.7 Å². The van der Waals surface area contributed by atoms with Crippen LogP contribution in [0.15, 0.2) is 28.0 Å². The Hall–Kier alpha value is -2.29. The second kappa shape index (κ2) is 8.81. The molecule has 2 fully saturated rings. The Kier molecular flexibility index (Phi) is 5.99. The summed E-state index contributed by atoms with van der Waals surface area (Å²) >= 11 is 1.32. The molecule has 1 atom stereocenters. The molecule has 2 aliphatic rings. The highest BCUT2D eigenvalue weighted by molar-refractivity contribution is 7.99. The number of nitrogens with zero attached hydrogens (tertiary/aromatic N) is 3. The standard InChI is InChI=1S/C19H25N5O3S/c25-16(9-13-5-6-13)20-10-14-3-1-7-24(11-14)17(26)12-28-19-21-18(22-23-19)15-4-2-8-27-15/h2,4,8,13-14H,1,3,5-7,9-12H2,(H,20,25)(H,21,22,23). The van der Waals surface area contributed by atoms with E-state index in [0.717, 1.165) is 19.4 Å². The van der Waals surface area contributed by atoms with Crippen molar-refractivity contribution in [1.29, 1.82) is 0 Å². The Balaban J connectivity index is 1.21. The lowest BCUT2D eigenvalue weighted by molar-refractivity contribution is -0.130. The fourth-order valence-electron chi connectivity index (χ4n) is 3.42. The van der Waals surface area contributed by atoms with E-state index in [0.29, 0.717) is 53.8 Å². The summed E-state index contributed by atoms with van der Waals surface area (Å²) in [6.45, 7) is 2.14. The molecule has 0 bridgehead atoms. The second-order valence-electron chi connectivity index (χ2n) is 7.53. The van der Waals surface area contributed by atoms with Crippen molar-refractivity contribution in [1.82, 2.24) is 25.4 Å². The number of carbonyl (C=O) groups is 2. The van der Waals surface area contributed by atoms with Crippen molar-refractivity contribution in [2.45, 2.75) is 37.3 Å². The Morgan fingerprint density at radius 2 is 2.21 bits per heavy atom. The molecule has 1 saturated carbocycles. The lowest BCUT2D eigenvalue weighted by Gasteiger charge is -2.32. The van der Waals surface area contributed by atoms with Crippen molar-refractivity contribution in [3.05, 3.63) is 18.4 Å². The highest BCUT2D eigenvalue weighted by Gasteiger charge is 2.27. The van der Waals surface area contributed by atoms with Crippen LogP contribution >= 0.6 is 11.8 Å². The number of hydrogen-bond acceptors (Lipinski definition) is 6. The van der Waals surface area contributed by atoms with Crippen LogP contribution in [0.2, 0.25) is 0 Å². The SMILES string of the molecule is O=C(CC1CC1)NCC1CCCN(C(=O)CSc2n[nH]c(-c3ccco3)n2)C1. The summed E-state index contributed by atoms with van der Waals surface area (Å²) in [6.07, 6.45) is 6.63. The fraction of sp³-hybridized carbons (Fsp3) is 0.579. The van der Waals surface area contributed by atoms with Gasteiger partial charge in [0.25, 0.3) is 0 Å². The third kappa shape index (κ3) is 5.15. The molecule has 0 radical (unpaired) electrons. The van der Waals surface area contributed by atoms with Crippen molar-refractivity contribution in [2.24, 2.45) is 11.8 Å². The molecule has 2 N–H and O–H groups in total. The predicted octanol–water partition coefficient (Wildman–Crippen LogP) is 2.31. The zero-order chi connectivity index (χ0) is 19.3. The van der Waals surface area contributed by atoms with Gasteiger partial charge < -0.3 is 14.6 Å². The number of carbonyl (C=O) groups excluding carboxylic acids is 2. The highest BCUT2D eigenvalue weighted by atomic mass is 32.2. The molecular formula is C19H25N5O3S. The number of aromatic amines is 1. The number of furan rings is 1. The molecule has 3 heterocycles. The first-order chi connectivity index (χ1) is 13.7. The lowest BCUT2D eigenvalue weighted by Crippen LogP contribution is -2.44. The number of piperidine rings is 1. The van der Waals surface area contributed by atoms with Gasteiger partial charge in [0.2, 0.25) is 17.0 Å². The minimum absolute atomic E-state index is 0.0864. The molecule has 4 rings (SSSR count). The van der Waals surface area contributed by atoms with E-state index in [9.17, 15) is 9.59 Å². The van der Waals surface area contributed by atoms with E-state index < -0.39 is 0 Å². The van der Waals surface area contributed by atoms with E-state index in [1.807, 2.05) is 4.90 Å². The van der Waals surface area contributed by atoms with Crippen LogP contribution in [0.25, 0.3) is 11.6 Å². The summed E-state index contributed by atoms with van der Waals surface area (Å²) in [5, 5.41) is 10.5. The zero-order valence-electron chi connectivity index (χ0n) is 15.7. The van der Waals surface area contributed by atoms with Crippen LogP contribution in [0, 0.1) is 11.8 Å². The van der Waals surface area contributed by atoms with Gasteiger partial charge in [0.1, 0.15) is 0 Å². The first kappa shape index (κ1) is 19.0. The van der Waals surface area contributed by atoms with Gasteiger partial charge in [-0.15, -0.1) is 5.10 Å². The average molecular weight is 404 g/mol. The number of amides is 2. The normalized spacial score (nSPS) is 19.6. The van der Waals surface area contributed by atoms with Crippen LogP contribution in [-0.4, -0.2) is 57.3 Å². The molecule has 2 aromatic heterocycles. The van der Waals surface area contributed by atoms with E-state index in [1.165, 1.54) is 24.6 Å². The smallest absolute Gasteiger partial charge is 0.233 e. The molecule has 1 aliphatic carbocycles. The summed E-state index contributed by atoms with van der Waals surface area (Å²) in [5.74, 6) is 2.65. The van der Waals surface area contributed by atoms with E-state index in [1.54, 1.807) is 18.4 Å². The molecule has 1 aliphatic heterocycles. The molecule has 2 amide bonds. The Morgan fingerprint density at radius 1 is 1.32 bits per heavy atom. The summed E-state index contributed by atoms with van der Waals surface area (Å²) in [4.78, 5) is 30.7. The number of hydrogen-bond donors (Lipinski definition) is 2. The van der Waals surface area contributed by atoms with E-state index in [4.69, 9.17) is 4.42 Å². The number of likely N-dealkylation sites (tertiary alicyclic amines) is 1. The van der Waals surface area contributed by atoms with Crippen molar-refractivity contribution in [2.75, 3.05) is 25.4 Å². The van der Waals surface area contributed by atoms with Crippen molar-refractivity contribution < 1.29 is 14.0 Å². The van der Waals surface area contributed by atoms with Crippen LogP contribution < -0.4 is 5.32 Å². The number of thioether (sulfide) groups is 1. The molecule has 1 unspecified atom stereocenters. The number of aromatic nitrogens is 3. The quantitative estimate of drug-likeness (QED) is 0.656. The van der Waals surface area contributed by atoms with Crippen LogP contribution in [0.1, 0.15) is 32.1 Å². The van der Waals surface area contributed by atoms with Crippen molar-refractivity contribution in [3.8, 4) is 11.6 Å². The Bertz CT molecular complexity index is 802. The molecule has 8 nitrogen and oxygen atoms in total. The topological polar surface area (TPSA) is 104 Å². The Labute approximate surface area is 167 Å². The first-order valence-corrected chi connectivity index (χ1v) is 10.8. The van der Waals surface area contributed by atoms with E-state index >= 15 is 0 Å². The highest BCUT2D eigenvalue weighted by Crippen LogP contribution is 2.32. The van der Waals surface area contributed by atoms with Gasteiger partial charge in [0.05, 0.1) is 12.0 Å². The molecule has 9 heteroatoms. The predicted molar refractivity (Wildman–Crippen MR) is 104 cm³/mol. The van der Waals surface area contributed by atoms with Crippen LogP contribution in [0.5, 0.6) is 0 Å². The van der Waals surface area contributed by atoms with Gasteiger partial charge in [-0.1, -0.05) is 11.8 Å². The minimum Gasteiger partial charge on any atom is -0.461 e. The summed E-state index contributed by atoms with van der Waals surface area (Å²) in [5.41, 5.74) is 0. The molecule has 28 heavy (non-hydrogen) atoms. The van der Waals surface area contributed by atoms with Gasteiger partial charge in [0.15, 0.2) is 11.6 Å². The van der Waals surface area contributed by atoms with Crippen molar-refractivity contribution in [3.63, 3.8) is 0 Å². The fourth-order valence-corrected chi connectivity index (χ4v) is 4.13. The number of nitrogens with one attached hydrogen (secondary N) is 2. The maximum absolute atomic E-state index is 12.6. The molecule has 0 aromatic carbocycles. The van der Waals surface area contributed by atoms with Gasteiger partial charge in [-0.25, -0.2) is 0 Å². The van der Waals surface area contributed by atoms with Gasteiger partial charge in [-0.2, -0.15) is 4.98 Å². The Morgan fingerprint density at radius 3 is 3.00 bits per heavy atom. The van der Waals surface area contributed by atoms with Crippen LogP contribution in [-0.2, 0) is 9.59 Å². The van der Waals surface area contributed by atoms with Crippen molar-refractivity contribution >= 4 is 23.6 Å².